The number of nitrogens with two attached hydrogens (primary N) is 1. The molecule has 0 aliphatic carbocycles. The first-order chi connectivity index (χ1) is 15.7. The molecule has 0 spiro atoms. The van der Waals surface area contributed by atoms with Crippen LogP contribution in [0.1, 0.15) is 5.56 Å². The fourth-order valence-electron chi connectivity index (χ4n) is 3.16. The third kappa shape index (κ3) is 5.68. The molecule has 170 valence electrons. The summed E-state index contributed by atoms with van der Waals surface area (Å²) in [6.45, 7) is 0. The van der Waals surface area contributed by atoms with Gasteiger partial charge in [-0.05, 0) is 76.1 Å². The molecule has 0 heterocycles. The second-order valence-corrected chi connectivity index (χ2v) is 8.49. The number of ether oxygens (including phenoxy) is 2. The Kier molecular flexibility index (Phi) is 8.02. The zero-order valence-corrected chi connectivity index (χ0v) is 20.7. The minimum absolute atomic E-state index is 0.255. The fourth-order valence-corrected chi connectivity index (χ4v) is 4.15. The van der Waals surface area contributed by atoms with Gasteiger partial charge in [0, 0.05) is 10.0 Å². The highest BCUT2D eigenvalue weighted by atomic mass is 79.9. The molecule has 0 aromatic heterocycles. The third-order valence-electron chi connectivity index (χ3n) is 4.60. The Morgan fingerprint density at radius 2 is 1.52 bits per heavy atom. The summed E-state index contributed by atoms with van der Waals surface area (Å²) in [6.07, 6.45) is 1.39. The van der Waals surface area contributed by atoms with E-state index in [9.17, 15) is 9.59 Å². The van der Waals surface area contributed by atoms with E-state index in [1.165, 1.54) is 25.2 Å². The Balaban J connectivity index is 2.17. The van der Waals surface area contributed by atoms with Crippen LogP contribution in [0.2, 0.25) is 10.0 Å². The fraction of sp³-hybridized carbons (Fsp3) is 0.0833. The van der Waals surface area contributed by atoms with Crippen molar-refractivity contribution in [1.29, 1.82) is 0 Å². The molecular weight excluding hydrogens is 531 g/mol. The molecule has 2 N–H and O–H groups in total. The molecule has 3 aromatic rings. The van der Waals surface area contributed by atoms with Crippen LogP contribution in [0, 0.1) is 0 Å². The molecular formula is C24H19BrCl2N2O4. The molecule has 3 rings (SSSR count). The number of amides is 2. The molecule has 0 unspecified atom stereocenters. The largest absolute Gasteiger partial charge is 0.493 e. The van der Waals surface area contributed by atoms with E-state index >= 15 is 0 Å². The summed E-state index contributed by atoms with van der Waals surface area (Å²) in [6, 6.07) is 16.6. The van der Waals surface area contributed by atoms with Gasteiger partial charge in [-0.3, -0.25) is 14.5 Å². The van der Waals surface area contributed by atoms with E-state index in [4.69, 9.17) is 38.4 Å². The van der Waals surface area contributed by atoms with Crippen molar-refractivity contribution in [2.75, 3.05) is 19.1 Å². The molecule has 0 aliphatic heterocycles. The van der Waals surface area contributed by atoms with Crippen LogP contribution < -0.4 is 20.1 Å². The molecule has 3 aromatic carbocycles. The van der Waals surface area contributed by atoms with Gasteiger partial charge >= 0.3 is 0 Å². The lowest BCUT2D eigenvalue weighted by Crippen LogP contribution is -2.33. The van der Waals surface area contributed by atoms with Crippen LogP contribution in [-0.2, 0) is 9.59 Å². The van der Waals surface area contributed by atoms with Gasteiger partial charge < -0.3 is 15.2 Å². The number of primary amides is 1. The van der Waals surface area contributed by atoms with E-state index in [1.807, 2.05) is 0 Å². The Morgan fingerprint density at radius 3 is 1.97 bits per heavy atom. The molecule has 6 nitrogen and oxygen atoms in total. The van der Waals surface area contributed by atoms with Crippen LogP contribution in [0.5, 0.6) is 11.5 Å². The van der Waals surface area contributed by atoms with Crippen molar-refractivity contribution in [2.24, 2.45) is 5.73 Å². The van der Waals surface area contributed by atoms with Gasteiger partial charge in [0.2, 0.25) is 0 Å². The number of methoxy groups -OCH3 is 2. The second-order valence-electron chi connectivity index (χ2n) is 6.76. The number of anilines is 2. The van der Waals surface area contributed by atoms with Gasteiger partial charge in [0.1, 0.15) is 5.57 Å². The van der Waals surface area contributed by atoms with E-state index in [0.717, 1.165) is 0 Å². The number of hydrogen-bond donors (Lipinski definition) is 1. The van der Waals surface area contributed by atoms with Crippen LogP contribution in [0.25, 0.3) is 6.08 Å². The van der Waals surface area contributed by atoms with Crippen LogP contribution >= 0.6 is 39.1 Å². The number of benzene rings is 3. The zero-order chi connectivity index (χ0) is 24.1. The summed E-state index contributed by atoms with van der Waals surface area (Å²) in [5.74, 6) is -0.671. The topological polar surface area (TPSA) is 81.9 Å². The normalized spacial score (nSPS) is 11.1. The predicted molar refractivity (Wildman–Crippen MR) is 134 cm³/mol. The van der Waals surface area contributed by atoms with E-state index in [-0.39, 0.29) is 5.57 Å². The van der Waals surface area contributed by atoms with Crippen LogP contribution in [0.15, 0.2) is 70.7 Å². The molecule has 2 amide bonds. The summed E-state index contributed by atoms with van der Waals surface area (Å²) < 4.78 is 11.2. The monoisotopic (exact) mass is 548 g/mol. The maximum absolute atomic E-state index is 13.7. The third-order valence-corrected chi connectivity index (χ3v) is 5.66. The molecule has 9 heteroatoms. The second kappa shape index (κ2) is 10.7. The average molecular weight is 550 g/mol. The number of carbonyl (C=O) groups excluding carboxylic acids is 2. The van der Waals surface area contributed by atoms with Crippen molar-refractivity contribution in [3.63, 3.8) is 0 Å². The van der Waals surface area contributed by atoms with Gasteiger partial charge in [-0.15, -0.1) is 0 Å². The van der Waals surface area contributed by atoms with Crippen molar-refractivity contribution >= 4 is 68.4 Å². The van der Waals surface area contributed by atoms with E-state index in [0.29, 0.717) is 43.0 Å². The molecule has 0 radical (unpaired) electrons. The Morgan fingerprint density at radius 1 is 0.939 bits per heavy atom. The lowest BCUT2D eigenvalue weighted by atomic mass is 10.1. The molecule has 33 heavy (non-hydrogen) atoms. The average Bonchev–Trinajstić information content (AvgIpc) is 2.77. The van der Waals surface area contributed by atoms with Crippen LogP contribution in [0.4, 0.5) is 11.4 Å². The van der Waals surface area contributed by atoms with Crippen LogP contribution in [0.3, 0.4) is 0 Å². The van der Waals surface area contributed by atoms with Crippen molar-refractivity contribution in [3.05, 3.63) is 86.3 Å². The van der Waals surface area contributed by atoms with Crippen LogP contribution in [-0.4, -0.2) is 26.0 Å². The van der Waals surface area contributed by atoms with E-state index < -0.39 is 11.8 Å². The minimum atomic E-state index is -0.903. The Bertz CT molecular complexity index is 1200. The van der Waals surface area contributed by atoms with Gasteiger partial charge in [-0.2, -0.15) is 0 Å². The lowest BCUT2D eigenvalue weighted by molar-refractivity contribution is -0.120. The highest BCUT2D eigenvalue weighted by molar-refractivity contribution is 9.10. The van der Waals surface area contributed by atoms with Gasteiger partial charge in [-0.1, -0.05) is 35.3 Å². The summed E-state index contributed by atoms with van der Waals surface area (Å²) in [5, 5.41) is 0.835. The molecule has 0 atom stereocenters. The van der Waals surface area contributed by atoms with Gasteiger partial charge in [0.15, 0.2) is 11.5 Å². The summed E-state index contributed by atoms with van der Waals surface area (Å²) in [4.78, 5) is 27.4. The molecule has 0 saturated heterocycles. The highest BCUT2D eigenvalue weighted by Crippen LogP contribution is 2.37. The number of nitrogens with zero attached hydrogens (tertiary/aromatic N) is 1. The molecule has 0 aliphatic rings. The van der Waals surface area contributed by atoms with Crippen molar-refractivity contribution < 1.29 is 19.1 Å². The maximum atomic E-state index is 13.7. The number of halogens is 3. The number of hydrogen-bond acceptors (Lipinski definition) is 4. The smallest absolute Gasteiger partial charge is 0.268 e. The van der Waals surface area contributed by atoms with Gasteiger partial charge in [-0.25, -0.2) is 0 Å². The zero-order valence-electron chi connectivity index (χ0n) is 17.6. The standard InChI is InChI=1S/C24H19BrCl2N2O4/c1-32-21-11-14(10-20(25)22(21)33-2)9-19(23(28)30)24(31)29(17-7-3-5-15(26)12-17)18-8-4-6-16(27)13-18/h3-13H,1-2H3,(H2,28,30)/b19-9+. The summed E-state index contributed by atoms with van der Waals surface area (Å²) >= 11 is 15.7. The van der Waals surface area contributed by atoms with Crippen molar-refractivity contribution in [1.82, 2.24) is 0 Å². The van der Waals surface area contributed by atoms with Gasteiger partial charge in [0.25, 0.3) is 11.8 Å². The molecule has 0 bridgehead atoms. The molecule has 0 fully saturated rings. The molecule has 0 saturated carbocycles. The highest BCUT2D eigenvalue weighted by Gasteiger charge is 2.26. The maximum Gasteiger partial charge on any atom is 0.268 e. The van der Waals surface area contributed by atoms with E-state index in [2.05, 4.69) is 15.9 Å². The SMILES string of the molecule is COc1cc(/C=C(\C(N)=O)C(=O)N(c2cccc(Cl)c2)c2cccc(Cl)c2)cc(Br)c1OC. The van der Waals surface area contributed by atoms with Crippen molar-refractivity contribution in [2.45, 2.75) is 0 Å². The minimum Gasteiger partial charge on any atom is -0.493 e. The Labute approximate surface area is 209 Å². The Hall–Kier alpha value is -3.00. The first-order valence-electron chi connectivity index (χ1n) is 9.53. The van der Waals surface area contributed by atoms with E-state index in [1.54, 1.807) is 60.7 Å². The van der Waals surface area contributed by atoms with Crippen molar-refractivity contribution in [3.8, 4) is 11.5 Å². The number of carbonyl (C=O) groups is 2. The first-order valence-corrected chi connectivity index (χ1v) is 11.1. The summed E-state index contributed by atoms with van der Waals surface area (Å²) in [5.41, 5.74) is 6.75. The quantitative estimate of drug-likeness (QED) is 0.222. The first kappa shape index (κ1) is 24.6. The predicted octanol–water partition coefficient (Wildman–Crippen LogP) is 6.01. The number of rotatable bonds is 7. The summed E-state index contributed by atoms with van der Waals surface area (Å²) in [7, 11) is 2.99. The lowest BCUT2D eigenvalue weighted by Gasteiger charge is -2.24. The van der Waals surface area contributed by atoms with Gasteiger partial charge in [0.05, 0.1) is 30.1 Å².